The van der Waals surface area contributed by atoms with Crippen molar-refractivity contribution in [3.05, 3.63) is 101 Å². The number of hydrogen-bond donors (Lipinski definition) is 0. The van der Waals surface area contributed by atoms with Crippen LogP contribution in [-0.4, -0.2) is 68.5 Å². The average Bonchev–Trinajstić information content (AvgIpc) is 3.61. The minimum Gasteiger partial charge on any atom is -1.00 e. The molecule has 2 aromatic heterocycles. The topological polar surface area (TPSA) is 163 Å². The van der Waals surface area contributed by atoms with Crippen LogP contribution < -0.4 is 17.0 Å². The summed E-state index contributed by atoms with van der Waals surface area (Å²) in [5.74, 6) is -0.611. The predicted octanol–water partition coefficient (Wildman–Crippen LogP) is -0.715. The van der Waals surface area contributed by atoms with E-state index < -0.39 is 11.5 Å². The zero-order chi connectivity index (χ0) is 29.1. The van der Waals surface area contributed by atoms with Gasteiger partial charge in [0.05, 0.1) is 31.1 Å². The third-order valence-electron chi connectivity index (χ3n) is 5.18. The molecule has 1 radical (unpaired) electrons. The number of benzene rings is 2. The molecule has 12 nitrogen and oxygen atoms in total. The standard InChI is InChI=1S/C24H26N7O2.3CHO.BrH.Re/c1-2-33-23(32)24(25,13-21-17-30(28-26-21)15-19-9-5-3-6-10-19)14-22-18-31(29-27-22)16-20-11-7-4-8-12-20;3*1-2;;/h3-12,17-18,25H,2,13-16H2,1H3;3*1H;1H;/q4*-1;;/p-1. The van der Waals surface area contributed by atoms with Crippen molar-refractivity contribution in [2.45, 2.75) is 38.4 Å². The number of nitrogens with one attached hydrogen (secondary N) is 1. The predicted molar refractivity (Wildman–Crippen MR) is 142 cm³/mol. The molecule has 0 amide bonds. The van der Waals surface area contributed by atoms with Gasteiger partial charge >= 0.3 is 0 Å². The second-order valence-electron chi connectivity index (χ2n) is 7.94. The molecule has 0 bridgehead atoms. The molecule has 0 unspecified atom stereocenters. The molecule has 2 aromatic carbocycles. The van der Waals surface area contributed by atoms with Crippen LogP contribution in [0.2, 0.25) is 0 Å². The molecule has 41 heavy (non-hydrogen) atoms. The number of hydrogen-bond acceptors (Lipinski definition) is 9. The second-order valence-corrected chi connectivity index (χ2v) is 7.94. The Kier molecular flexibility index (Phi) is 21.2. The molecule has 4 aromatic rings. The number of aromatic nitrogens is 6. The fourth-order valence-electron chi connectivity index (χ4n) is 3.63. The molecule has 0 aliphatic rings. The summed E-state index contributed by atoms with van der Waals surface area (Å²) in [6.07, 6.45) is 3.65. The van der Waals surface area contributed by atoms with Gasteiger partial charge < -0.3 is 41.8 Å². The van der Waals surface area contributed by atoms with Gasteiger partial charge in [-0.3, -0.25) is 25.2 Å². The number of rotatable bonds is 10. The van der Waals surface area contributed by atoms with Gasteiger partial charge in [0.25, 0.3) is 5.97 Å². The van der Waals surface area contributed by atoms with Gasteiger partial charge in [0.1, 0.15) is 0 Å². The van der Waals surface area contributed by atoms with E-state index >= 15 is 0 Å². The van der Waals surface area contributed by atoms with Crippen molar-refractivity contribution >= 4 is 26.3 Å². The summed E-state index contributed by atoms with van der Waals surface area (Å²) in [7, 11) is 0. The van der Waals surface area contributed by atoms with Crippen LogP contribution in [0.3, 0.4) is 0 Å². The van der Waals surface area contributed by atoms with Gasteiger partial charge in [-0.15, -0.1) is 10.2 Å². The molecular weight excluding hydrogens is 768 g/mol. The molecule has 1 N–H and O–H groups in total. The summed E-state index contributed by atoms with van der Waals surface area (Å²) in [5, 5.41) is 16.7. The number of esters is 1. The third kappa shape index (κ3) is 13.0. The van der Waals surface area contributed by atoms with Gasteiger partial charge in [-0.05, 0) is 36.4 Å². The van der Waals surface area contributed by atoms with Crippen LogP contribution in [-0.2, 0) is 70.3 Å². The van der Waals surface area contributed by atoms with Crippen LogP contribution in [0.15, 0.2) is 73.1 Å². The molecule has 0 saturated heterocycles. The molecule has 0 spiro atoms. The molecule has 2 heterocycles. The number of carbonyl (C=O) groups is 1. The normalized spacial score (nSPS) is 9.51. The van der Waals surface area contributed by atoms with E-state index in [1.54, 1.807) is 28.7 Å². The summed E-state index contributed by atoms with van der Waals surface area (Å²) in [4.78, 5) is 36.0. The minimum absolute atomic E-state index is 0. The molecule has 4 rings (SSSR count). The van der Waals surface area contributed by atoms with Crippen LogP contribution in [0.4, 0.5) is 0 Å². The zero-order valence-electron chi connectivity index (χ0n) is 22.2. The fraction of sp³-hybridized carbons (Fsp3) is 0.259. The fourth-order valence-corrected chi connectivity index (χ4v) is 3.63. The molecule has 0 aliphatic carbocycles. The van der Waals surface area contributed by atoms with Gasteiger partial charge in [0.15, 0.2) is 0 Å². The van der Waals surface area contributed by atoms with Crippen molar-refractivity contribution in [1.29, 1.82) is 0 Å². The number of ether oxygens (including phenoxy) is 1. The summed E-state index contributed by atoms with van der Waals surface area (Å²) >= 11 is 0. The van der Waals surface area contributed by atoms with E-state index in [-0.39, 0.29) is 56.9 Å². The van der Waals surface area contributed by atoms with E-state index in [4.69, 9.17) is 24.9 Å². The maximum atomic E-state index is 12.7. The van der Waals surface area contributed by atoms with Gasteiger partial charge in [-0.25, -0.2) is 9.36 Å². The maximum Gasteiger partial charge on any atom is 0.291 e. The third-order valence-corrected chi connectivity index (χ3v) is 5.18. The Morgan fingerprint density at radius 3 is 1.49 bits per heavy atom. The maximum absolute atomic E-state index is 12.7. The molecule has 0 aliphatic heterocycles. The first-order valence-corrected chi connectivity index (χ1v) is 11.5. The van der Waals surface area contributed by atoms with Crippen molar-refractivity contribution < 1.29 is 61.3 Å². The van der Waals surface area contributed by atoms with Crippen LogP contribution in [0.5, 0.6) is 0 Å². The van der Waals surface area contributed by atoms with Gasteiger partial charge in [0.2, 0.25) is 0 Å². The van der Waals surface area contributed by atoms with Gasteiger partial charge in [0, 0.05) is 32.8 Å². The van der Waals surface area contributed by atoms with E-state index in [0.29, 0.717) is 24.5 Å². The Morgan fingerprint density at radius 2 is 1.15 bits per heavy atom. The van der Waals surface area contributed by atoms with Crippen molar-refractivity contribution in [1.82, 2.24) is 30.0 Å². The van der Waals surface area contributed by atoms with E-state index in [2.05, 4.69) is 41.0 Å². The summed E-state index contributed by atoms with van der Waals surface area (Å²) < 4.78 is 8.62. The van der Waals surface area contributed by atoms with Crippen molar-refractivity contribution in [2.24, 2.45) is 0 Å². The Morgan fingerprint density at radius 1 is 0.780 bits per heavy atom. The van der Waals surface area contributed by atoms with E-state index in [1.807, 2.05) is 60.7 Å². The van der Waals surface area contributed by atoms with Gasteiger partial charge in [-0.2, -0.15) is 0 Å². The second kappa shape index (κ2) is 22.0. The van der Waals surface area contributed by atoms with Crippen LogP contribution >= 0.6 is 0 Å². The van der Waals surface area contributed by atoms with Crippen LogP contribution in [0.25, 0.3) is 5.73 Å². The van der Waals surface area contributed by atoms with E-state index in [1.165, 1.54) is 0 Å². The van der Waals surface area contributed by atoms with Crippen molar-refractivity contribution in [3.8, 4) is 0 Å². The number of carbonyl (C=O) groups excluding carboxylic acids is 4. The Bertz CT molecular complexity index is 1160. The largest absolute Gasteiger partial charge is 1.00 e. The Hall–Kier alpha value is -3.70. The molecule has 14 heteroatoms. The Balaban J connectivity index is 0. The first kappa shape index (κ1) is 39.4. The van der Waals surface area contributed by atoms with E-state index in [0.717, 1.165) is 11.1 Å². The SMILES string of the molecule is CCOC(=O)C([NH-])(Cc1cn(Cc2ccccc2)nn1)Cc1cn(Cc2ccccc2)nn1.[Br-].[CH-]=O.[CH-]=O.[CH-]=O.[Re]. The quantitative estimate of drug-likeness (QED) is 0.115. The first-order chi connectivity index (χ1) is 19.0. The molecule has 0 saturated carbocycles. The number of nitrogens with zero attached hydrogens (tertiary/aromatic N) is 6. The van der Waals surface area contributed by atoms with Crippen molar-refractivity contribution in [2.75, 3.05) is 6.61 Å². The van der Waals surface area contributed by atoms with E-state index in [9.17, 15) is 4.79 Å². The van der Waals surface area contributed by atoms with Crippen molar-refractivity contribution in [3.63, 3.8) is 0 Å². The molecule has 221 valence electrons. The molecule has 0 atom stereocenters. The monoisotopic (exact) mass is 797 g/mol. The van der Waals surface area contributed by atoms with Crippen LogP contribution in [0.1, 0.15) is 29.4 Å². The molecular formula is C27H29BrN7O5Re-5. The first-order valence-electron chi connectivity index (χ1n) is 11.5. The average molecular weight is 798 g/mol. The van der Waals surface area contributed by atoms with Crippen LogP contribution in [0, 0.1) is 0 Å². The Labute approximate surface area is 263 Å². The van der Waals surface area contributed by atoms with Gasteiger partial charge in [-0.1, -0.05) is 71.1 Å². The summed E-state index contributed by atoms with van der Waals surface area (Å²) in [5.41, 5.74) is 10.6. The minimum atomic E-state index is -1.59. The number of halogens is 1. The molecule has 0 fully saturated rings. The summed E-state index contributed by atoms with van der Waals surface area (Å²) in [6.45, 7) is 12.8. The zero-order valence-corrected chi connectivity index (χ0v) is 26.5. The smallest absolute Gasteiger partial charge is 0.291 e. The summed E-state index contributed by atoms with van der Waals surface area (Å²) in [6, 6.07) is 19.8.